The van der Waals surface area contributed by atoms with Crippen molar-refractivity contribution < 1.29 is 14.3 Å². The zero-order valence-electron chi connectivity index (χ0n) is 7.75. The normalized spacial score (nSPS) is 10.6. The van der Waals surface area contributed by atoms with E-state index in [1.54, 1.807) is 0 Å². The third kappa shape index (κ3) is 1.45. The molecule has 82 valence electrons. The highest BCUT2D eigenvalue weighted by molar-refractivity contribution is 6.35. The molecule has 0 atom stereocenters. The molecular formula is C10H5ClFNO3. The Bertz CT molecular complexity index is 650. The molecule has 0 aliphatic rings. The average Bonchev–Trinajstić information content (AvgIpc) is 2.23. The van der Waals surface area contributed by atoms with Crippen LogP contribution in [0.4, 0.5) is 4.39 Å². The van der Waals surface area contributed by atoms with Crippen molar-refractivity contribution in [3.63, 3.8) is 0 Å². The predicted octanol–water partition coefficient (Wildman–Crippen LogP) is 2.02. The van der Waals surface area contributed by atoms with E-state index in [0.717, 1.165) is 12.3 Å². The van der Waals surface area contributed by atoms with E-state index in [1.165, 1.54) is 6.07 Å². The second kappa shape index (κ2) is 3.61. The number of fused-ring (bicyclic) bond motifs is 1. The summed E-state index contributed by atoms with van der Waals surface area (Å²) in [6.07, 6.45) is 0.998. The first-order valence-electron chi connectivity index (χ1n) is 4.25. The van der Waals surface area contributed by atoms with Gasteiger partial charge in [0.05, 0.1) is 5.52 Å². The Hall–Kier alpha value is -1.88. The molecule has 16 heavy (non-hydrogen) atoms. The monoisotopic (exact) mass is 241 g/mol. The molecule has 1 heterocycles. The Labute approximate surface area is 93.3 Å². The highest BCUT2D eigenvalue weighted by atomic mass is 35.5. The van der Waals surface area contributed by atoms with Gasteiger partial charge in [0.15, 0.2) is 0 Å². The summed E-state index contributed by atoms with van der Waals surface area (Å²) in [5, 5.41) is 8.54. The van der Waals surface area contributed by atoms with Gasteiger partial charge >= 0.3 is 5.97 Å². The number of H-pyrrole nitrogens is 1. The lowest BCUT2D eigenvalue weighted by Crippen LogP contribution is -2.15. The van der Waals surface area contributed by atoms with Gasteiger partial charge in [-0.25, -0.2) is 9.18 Å². The lowest BCUT2D eigenvalue weighted by molar-refractivity contribution is 0.0695. The van der Waals surface area contributed by atoms with Crippen molar-refractivity contribution in [3.8, 4) is 0 Å². The summed E-state index contributed by atoms with van der Waals surface area (Å²) < 4.78 is 13.1. The van der Waals surface area contributed by atoms with Gasteiger partial charge in [-0.2, -0.15) is 0 Å². The molecule has 0 radical (unpaired) electrons. The van der Waals surface area contributed by atoms with Gasteiger partial charge in [0.2, 0.25) is 5.43 Å². The number of carbonyl (C=O) groups is 1. The number of aromatic nitrogens is 1. The van der Waals surface area contributed by atoms with E-state index in [1.807, 2.05) is 0 Å². The minimum Gasteiger partial charge on any atom is -0.477 e. The van der Waals surface area contributed by atoms with Gasteiger partial charge in [0.25, 0.3) is 0 Å². The summed E-state index contributed by atoms with van der Waals surface area (Å²) >= 11 is 5.64. The van der Waals surface area contributed by atoms with Crippen LogP contribution in [-0.4, -0.2) is 16.1 Å². The van der Waals surface area contributed by atoms with Crippen molar-refractivity contribution >= 4 is 28.5 Å². The van der Waals surface area contributed by atoms with Crippen LogP contribution in [0.1, 0.15) is 10.4 Å². The number of aromatic amines is 1. The number of aromatic carboxylic acids is 1. The molecule has 2 aromatic rings. The maximum absolute atomic E-state index is 13.1. The number of hydrogen-bond donors (Lipinski definition) is 2. The Morgan fingerprint density at radius 1 is 1.44 bits per heavy atom. The summed E-state index contributed by atoms with van der Waals surface area (Å²) in [5.74, 6) is -2.02. The highest BCUT2D eigenvalue weighted by Gasteiger charge is 2.14. The maximum Gasteiger partial charge on any atom is 0.341 e. The van der Waals surface area contributed by atoms with E-state index in [2.05, 4.69) is 4.98 Å². The fourth-order valence-electron chi connectivity index (χ4n) is 1.39. The number of pyridine rings is 1. The predicted molar refractivity (Wildman–Crippen MR) is 56.5 cm³/mol. The molecule has 0 saturated heterocycles. The standard InChI is InChI=1S/C10H5ClFNO3/c11-7-6(12)2-1-4-8(7)13-3-5(9(4)14)10(15)16/h1-3H,(H,13,14)(H,15,16). The van der Waals surface area contributed by atoms with Crippen molar-refractivity contribution in [2.75, 3.05) is 0 Å². The van der Waals surface area contributed by atoms with Crippen LogP contribution in [0.5, 0.6) is 0 Å². The van der Waals surface area contributed by atoms with Crippen LogP contribution < -0.4 is 5.43 Å². The van der Waals surface area contributed by atoms with Gasteiger partial charge in [-0.15, -0.1) is 0 Å². The summed E-state index contributed by atoms with van der Waals surface area (Å²) in [6.45, 7) is 0. The first-order valence-corrected chi connectivity index (χ1v) is 4.63. The Morgan fingerprint density at radius 2 is 2.12 bits per heavy atom. The van der Waals surface area contributed by atoms with Crippen molar-refractivity contribution in [2.24, 2.45) is 0 Å². The van der Waals surface area contributed by atoms with Gasteiger partial charge in [0, 0.05) is 11.6 Å². The summed E-state index contributed by atoms with van der Waals surface area (Å²) in [6, 6.07) is 2.22. The smallest absolute Gasteiger partial charge is 0.341 e. The van der Waals surface area contributed by atoms with E-state index < -0.39 is 22.8 Å². The summed E-state index contributed by atoms with van der Waals surface area (Å²) in [4.78, 5) is 24.8. The third-order valence-corrected chi connectivity index (χ3v) is 2.54. The van der Waals surface area contributed by atoms with E-state index in [-0.39, 0.29) is 15.9 Å². The molecule has 0 bridgehead atoms. The summed E-state index contributed by atoms with van der Waals surface area (Å²) in [5.41, 5.74) is -1.00. The second-order valence-corrected chi connectivity index (χ2v) is 3.50. The molecule has 0 unspecified atom stereocenters. The van der Waals surface area contributed by atoms with Crippen LogP contribution in [0, 0.1) is 5.82 Å². The molecule has 1 aromatic carbocycles. The molecule has 0 aliphatic heterocycles. The molecule has 0 saturated carbocycles. The Morgan fingerprint density at radius 3 is 2.75 bits per heavy atom. The van der Waals surface area contributed by atoms with Gasteiger partial charge in [-0.05, 0) is 12.1 Å². The molecule has 2 rings (SSSR count). The Balaban J connectivity index is 2.93. The molecule has 4 nitrogen and oxygen atoms in total. The van der Waals surface area contributed by atoms with Crippen LogP contribution in [0.25, 0.3) is 10.9 Å². The number of carboxylic acid groups (broad SMARTS) is 1. The summed E-state index contributed by atoms with van der Waals surface area (Å²) in [7, 11) is 0. The van der Waals surface area contributed by atoms with Gasteiger partial charge in [-0.1, -0.05) is 11.6 Å². The Kier molecular flexibility index (Phi) is 2.40. The van der Waals surface area contributed by atoms with Crippen LogP contribution in [0.15, 0.2) is 23.1 Å². The first-order chi connectivity index (χ1) is 7.52. The first kappa shape index (κ1) is 10.6. The van der Waals surface area contributed by atoms with Crippen molar-refractivity contribution in [3.05, 3.63) is 45.0 Å². The quantitative estimate of drug-likeness (QED) is 0.802. The number of benzene rings is 1. The highest BCUT2D eigenvalue weighted by Crippen LogP contribution is 2.22. The molecule has 6 heteroatoms. The number of carboxylic acids is 1. The van der Waals surface area contributed by atoms with E-state index in [0.29, 0.717) is 0 Å². The minimum absolute atomic E-state index is 0.0475. The zero-order chi connectivity index (χ0) is 11.9. The third-order valence-electron chi connectivity index (χ3n) is 2.18. The van der Waals surface area contributed by atoms with Crippen molar-refractivity contribution in [2.45, 2.75) is 0 Å². The molecule has 1 aromatic heterocycles. The van der Waals surface area contributed by atoms with Crippen LogP contribution >= 0.6 is 11.6 Å². The van der Waals surface area contributed by atoms with Crippen LogP contribution in [-0.2, 0) is 0 Å². The van der Waals surface area contributed by atoms with Gasteiger partial charge < -0.3 is 10.1 Å². The molecule has 0 fully saturated rings. The fourth-order valence-corrected chi connectivity index (χ4v) is 1.61. The SMILES string of the molecule is O=C(O)c1c[nH]c2c(Cl)c(F)ccc2c1=O. The lowest BCUT2D eigenvalue weighted by atomic mass is 10.1. The van der Waals surface area contributed by atoms with Crippen LogP contribution in [0.2, 0.25) is 5.02 Å². The minimum atomic E-state index is -1.34. The van der Waals surface area contributed by atoms with Gasteiger partial charge in [-0.3, -0.25) is 4.79 Å². The largest absolute Gasteiger partial charge is 0.477 e. The number of rotatable bonds is 1. The van der Waals surface area contributed by atoms with Crippen molar-refractivity contribution in [1.29, 1.82) is 0 Å². The zero-order valence-corrected chi connectivity index (χ0v) is 8.51. The molecule has 0 aliphatic carbocycles. The number of hydrogen-bond acceptors (Lipinski definition) is 2. The number of halogens is 2. The maximum atomic E-state index is 13.1. The molecule has 0 amide bonds. The topological polar surface area (TPSA) is 70.2 Å². The second-order valence-electron chi connectivity index (χ2n) is 3.12. The van der Waals surface area contributed by atoms with Crippen molar-refractivity contribution in [1.82, 2.24) is 4.98 Å². The molecule has 0 spiro atoms. The lowest BCUT2D eigenvalue weighted by Gasteiger charge is -2.02. The van der Waals surface area contributed by atoms with E-state index >= 15 is 0 Å². The molecular weight excluding hydrogens is 237 g/mol. The number of nitrogens with one attached hydrogen (secondary N) is 1. The van der Waals surface area contributed by atoms with E-state index in [9.17, 15) is 14.0 Å². The van der Waals surface area contributed by atoms with Crippen LogP contribution in [0.3, 0.4) is 0 Å². The van der Waals surface area contributed by atoms with Gasteiger partial charge in [0.1, 0.15) is 16.4 Å². The average molecular weight is 242 g/mol. The van der Waals surface area contributed by atoms with E-state index in [4.69, 9.17) is 16.7 Å². The molecule has 2 N–H and O–H groups in total. The fraction of sp³-hybridized carbons (Fsp3) is 0.